The van der Waals surface area contributed by atoms with E-state index in [4.69, 9.17) is 4.74 Å². The van der Waals surface area contributed by atoms with Crippen LogP contribution in [0.3, 0.4) is 0 Å². The van der Waals surface area contributed by atoms with E-state index in [1.807, 2.05) is 7.11 Å². The second-order valence-electron chi connectivity index (χ2n) is 4.85. The molecule has 1 N–H and O–H groups in total. The summed E-state index contributed by atoms with van der Waals surface area (Å²) in [7, 11) is 6.05. The van der Waals surface area contributed by atoms with Gasteiger partial charge in [0.05, 0.1) is 6.10 Å². The highest BCUT2D eigenvalue weighted by atomic mass is 16.5. The van der Waals surface area contributed by atoms with Gasteiger partial charge >= 0.3 is 0 Å². The van der Waals surface area contributed by atoms with Crippen LogP contribution in [0.25, 0.3) is 0 Å². The molecule has 0 aromatic rings. The van der Waals surface area contributed by atoms with Crippen LogP contribution >= 0.6 is 0 Å². The molecular weight excluding hydrogens is 202 g/mol. The first-order valence-corrected chi connectivity index (χ1v) is 6.33. The molecule has 1 aliphatic rings. The van der Waals surface area contributed by atoms with E-state index in [2.05, 4.69) is 29.2 Å². The zero-order valence-electron chi connectivity index (χ0n) is 11.0. The first kappa shape index (κ1) is 13.9. The van der Waals surface area contributed by atoms with E-state index in [1.54, 1.807) is 0 Å². The van der Waals surface area contributed by atoms with Crippen LogP contribution in [0, 0.1) is 0 Å². The Morgan fingerprint density at radius 3 is 2.81 bits per heavy atom. The van der Waals surface area contributed by atoms with Crippen LogP contribution in [0.4, 0.5) is 0 Å². The molecule has 1 atom stereocenters. The quantitative estimate of drug-likeness (QED) is 0.604. The molecular formula is C12H27N3O. The number of nitrogens with one attached hydrogen (secondary N) is 1. The lowest BCUT2D eigenvalue weighted by molar-refractivity contribution is 0.108. The van der Waals surface area contributed by atoms with Crippen LogP contribution in [-0.4, -0.2) is 76.4 Å². The van der Waals surface area contributed by atoms with Crippen molar-refractivity contribution in [1.29, 1.82) is 0 Å². The minimum absolute atomic E-state index is 0.466. The summed E-state index contributed by atoms with van der Waals surface area (Å²) in [6.45, 7) is 6.85. The summed E-state index contributed by atoms with van der Waals surface area (Å²) in [5, 5.41) is 3.49. The van der Waals surface area contributed by atoms with Gasteiger partial charge in [-0.15, -0.1) is 0 Å². The molecule has 4 heteroatoms. The molecule has 16 heavy (non-hydrogen) atoms. The Labute approximate surface area is 99.9 Å². The summed E-state index contributed by atoms with van der Waals surface area (Å²) in [4.78, 5) is 4.71. The van der Waals surface area contributed by atoms with Gasteiger partial charge in [0, 0.05) is 33.3 Å². The van der Waals surface area contributed by atoms with Gasteiger partial charge in [-0.05, 0) is 40.0 Å². The van der Waals surface area contributed by atoms with Gasteiger partial charge in [-0.1, -0.05) is 0 Å². The van der Waals surface area contributed by atoms with E-state index < -0.39 is 0 Å². The predicted molar refractivity (Wildman–Crippen MR) is 67.9 cm³/mol. The van der Waals surface area contributed by atoms with Gasteiger partial charge in [0.25, 0.3) is 0 Å². The summed E-state index contributed by atoms with van der Waals surface area (Å²) in [5.41, 5.74) is 0. The number of ether oxygens (including phenoxy) is 1. The second-order valence-corrected chi connectivity index (χ2v) is 4.85. The van der Waals surface area contributed by atoms with Crippen molar-refractivity contribution in [2.75, 3.05) is 60.5 Å². The van der Waals surface area contributed by atoms with Crippen LogP contribution in [0.2, 0.25) is 0 Å². The van der Waals surface area contributed by atoms with Crippen LogP contribution in [0.1, 0.15) is 12.8 Å². The zero-order chi connectivity index (χ0) is 11.8. The van der Waals surface area contributed by atoms with Crippen LogP contribution < -0.4 is 5.32 Å². The predicted octanol–water partition coefficient (Wildman–Crippen LogP) is 0.248. The molecule has 96 valence electrons. The highest BCUT2D eigenvalue weighted by Gasteiger charge is 2.20. The van der Waals surface area contributed by atoms with Gasteiger partial charge in [0.1, 0.15) is 0 Å². The van der Waals surface area contributed by atoms with Gasteiger partial charge < -0.3 is 15.0 Å². The summed E-state index contributed by atoms with van der Waals surface area (Å²) in [5.74, 6) is 0. The van der Waals surface area contributed by atoms with Gasteiger partial charge in [-0.25, -0.2) is 0 Å². The molecule has 0 amide bonds. The molecule has 1 saturated heterocycles. The van der Waals surface area contributed by atoms with Crippen molar-refractivity contribution < 1.29 is 4.74 Å². The monoisotopic (exact) mass is 229 g/mol. The third kappa shape index (κ3) is 5.80. The molecule has 1 heterocycles. The number of rotatable bonds is 8. The lowest BCUT2D eigenvalue weighted by Gasteiger charge is -2.16. The third-order valence-corrected chi connectivity index (χ3v) is 3.13. The van der Waals surface area contributed by atoms with Crippen molar-refractivity contribution in [2.24, 2.45) is 0 Å². The van der Waals surface area contributed by atoms with Crippen molar-refractivity contribution in [3.63, 3.8) is 0 Å². The molecule has 1 aliphatic heterocycles. The molecule has 0 bridgehead atoms. The standard InChI is InChI=1S/C12H27N3O/c1-14(2)8-4-6-13-7-10-15-9-5-12(11-15)16-3/h12-13H,4-11H2,1-3H3. The molecule has 0 aliphatic carbocycles. The first-order valence-electron chi connectivity index (χ1n) is 6.33. The fourth-order valence-electron chi connectivity index (χ4n) is 2.08. The molecule has 0 aromatic carbocycles. The summed E-state index contributed by atoms with van der Waals surface area (Å²) in [6, 6.07) is 0. The van der Waals surface area contributed by atoms with E-state index in [0.717, 1.165) is 26.2 Å². The Morgan fingerprint density at radius 1 is 1.38 bits per heavy atom. The Hall–Kier alpha value is -0.160. The topological polar surface area (TPSA) is 27.7 Å². The highest BCUT2D eigenvalue weighted by Crippen LogP contribution is 2.10. The van der Waals surface area contributed by atoms with Gasteiger partial charge in [-0.2, -0.15) is 0 Å². The van der Waals surface area contributed by atoms with Crippen LogP contribution in [0.5, 0.6) is 0 Å². The third-order valence-electron chi connectivity index (χ3n) is 3.13. The van der Waals surface area contributed by atoms with Gasteiger partial charge in [-0.3, -0.25) is 4.90 Å². The Balaban J connectivity index is 1.88. The van der Waals surface area contributed by atoms with Gasteiger partial charge in [0.2, 0.25) is 0 Å². The molecule has 1 fully saturated rings. The first-order chi connectivity index (χ1) is 7.72. The van der Waals surface area contributed by atoms with Crippen molar-refractivity contribution in [1.82, 2.24) is 15.1 Å². The average molecular weight is 229 g/mol. The Kier molecular flexibility index (Phi) is 6.96. The lowest BCUT2D eigenvalue weighted by atomic mass is 10.3. The van der Waals surface area contributed by atoms with Crippen molar-refractivity contribution in [3.05, 3.63) is 0 Å². The molecule has 0 aromatic heterocycles. The lowest BCUT2D eigenvalue weighted by Crippen LogP contribution is -2.32. The SMILES string of the molecule is COC1CCN(CCNCCCN(C)C)C1. The van der Waals surface area contributed by atoms with E-state index in [1.165, 1.54) is 25.9 Å². The normalized spacial score (nSPS) is 22.1. The van der Waals surface area contributed by atoms with E-state index >= 15 is 0 Å². The molecule has 0 radical (unpaired) electrons. The largest absolute Gasteiger partial charge is 0.380 e. The van der Waals surface area contributed by atoms with Crippen molar-refractivity contribution in [2.45, 2.75) is 18.9 Å². The minimum atomic E-state index is 0.466. The maximum absolute atomic E-state index is 5.34. The molecule has 0 saturated carbocycles. The Bertz CT molecular complexity index is 176. The van der Waals surface area contributed by atoms with E-state index in [0.29, 0.717) is 6.10 Å². The molecule has 4 nitrogen and oxygen atoms in total. The number of hydrogen-bond acceptors (Lipinski definition) is 4. The zero-order valence-corrected chi connectivity index (χ0v) is 11.0. The van der Waals surface area contributed by atoms with E-state index in [-0.39, 0.29) is 0 Å². The Morgan fingerprint density at radius 2 is 2.19 bits per heavy atom. The number of likely N-dealkylation sites (tertiary alicyclic amines) is 1. The average Bonchev–Trinajstić information content (AvgIpc) is 2.70. The second kappa shape index (κ2) is 8.01. The molecule has 1 unspecified atom stereocenters. The molecule has 1 rings (SSSR count). The van der Waals surface area contributed by atoms with Gasteiger partial charge in [0.15, 0.2) is 0 Å². The van der Waals surface area contributed by atoms with Crippen LogP contribution in [0.15, 0.2) is 0 Å². The van der Waals surface area contributed by atoms with Crippen LogP contribution in [-0.2, 0) is 4.74 Å². The fourth-order valence-corrected chi connectivity index (χ4v) is 2.08. The number of hydrogen-bond donors (Lipinski definition) is 1. The van der Waals surface area contributed by atoms with Crippen molar-refractivity contribution >= 4 is 0 Å². The maximum Gasteiger partial charge on any atom is 0.0710 e. The summed E-state index contributed by atoms with van der Waals surface area (Å²) < 4.78 is 5.34. The van der Waals surface area contributed by atoms with E-state index in [9.17, 15) is 0 Å². The summed E-state index contributed by atoms with van der Waals surface area (Å²) >= 11 is 0. The smallest absolute Gasteiger partial charge is 0.0710 e. The molecule has 0 spiro atoms. The minimum Gasteiger partial charge on any atom is -0.380 e. The highest BCUT2D eigenvalue weighted by molar-refractivity contribution is 4.75. The maximum atomic E-state index is 5.34. The van der Waals surface area contributed by atoms with Crippen molar-refractivity contribution in [3.8, 4) is 0 Å². The number of methoxy groups -OCH3 is 1. The fraction of sp³-hybridized carbons (Fsp3) is 1.00. The summed E-state index contributed by atoms with van der Waals surface area (Å²) in [6.07, 6.45) is 2.89. The number of nitrogens with zero attached hydrogens (tertiary/aromatic N) is 2.